The molecule has 0 saturated carbocycles. The van der Waals surface area contributed by atoms with Crippen molar-refractivity contribution in [2.24, 2.45) is 0 Å². The normalized spacial score (nSPS) is 18.9. The van der Waals surface area contributed by atoms with Crippen LogP contribution in [0.1, 0.15) is 27.4 Å². The highest BCUT2D eigenvalue weighted by atomic mass is 16.5. The van der Waals surface area contributed by atoms with Gasteiger partial charge in [-0.05, 0) is 23.8 Å². The number of benzene rings is 2. The molecule has 1 amide bonds. The Morgan fingerprint density at radius 2 is 2.09 bits per heavy atom. The van der Waals surface area contributed by atoms with Gasteiger partial charge in [0.2, 0.25) is 0 Å². The maximum absolute atomic E-state index is 12.0. The van der Waals surface area contributed by atoms with E-state index in [1.807, 2.05) is 36.4 Å². The Balaban J connectivity index is 2.10. The van der Waals surface area contributed by atoms with Gasteiger partial charge in [0.15, 0.2) is 0 Å². The lowest BCUT2D eigenvalue weighted by Crippen LogP contribution is -2.24. The zero-order chi connectivity index (χ0) is 16.4. The molecule has 0 radical (unpaired) electrons. The van der Waals surface area contributed by atoms with Crippen LogP contribution in [0.4, 0.5) is 0 Å². The van der Waals surface area contributed by atoms with E-state index in [2.05, 4.69) is 5.32 Å². The number of amides is 1. The minimum Gasteiger partial charge on any atom is -0.497 e. The van der Waals surface area contributed by atoms with Gasteiger partial charge in [0, 0.05) is 12.6 Å². The molecule has 0 spiro atoms. The highest BCUT2D eigenvalue weighted by molar-refractivity contribution is 5.97. The van der Waals surface area contributed by atoms with Crippen molar-refractivity contribution in [3.63, 3.8) is 0 Å². The van der Waals surface area contributed by atoms with Gasteiger partial charge in [-0.3, -0.25) is 4.79 Å². The lowest BCUT2D eigenvalue weighted by atomic mass is 9.87. The van der Waals surface area contributed by atoms with Gasteiger partial charge in [0.1, 0.15) is 17.6 Å². The van der Waals surface area contributed by atoms with Gasteiger partial charge < -0.3 is 19.9 Å². The van der Waals surface area contributed by atoms with E-state index in [-0.39, 0.29) is 18.4 Å². The SMILES string of the molecule is CNC(=O)c1cccc2c1O[C@@H](CO)[C@@H]2c1cccc(OC)c1. The molecule has 120 valence electrons. The highest BCUT2D eigenvalue weighted by Gasteiger charge is 2.37. The zero-order valence-electron chi connectivity index (χ0n) is 13.1. The number of carbonyl (C=O) groups excluding carboxylic acids is 1. The van der Waals surface area contributed by atoms with E-state index in [0.29, 0.717) is 11.3 Å². The number of hydrogen-bond donors (Lipinski definition) is 2. The number of aliphatic hydroxyl groups is 1. The molecule has 23 heavy (non-hydrogen) atoms. The van der Waals surface area contributed by atoms with Crippen molar-refractivity contribution in [2.75, 3.05) is 20.8 Å². The molecule has 2 aromatic rings. The topological polar surface area (TPSA) is 67.8 Å². The third-order valence-electron chi connectivity index (χ3n) is 4.13. The Kier molecular flexibility index (Phi) is 4.21. The van der Waals surface area contributed by atoms with Crippen molar-refractivity contribution in [3.8, 4) is 11.5 Å². The Morgan fingerprint density at radius 1 is 1.30 bits per heavy atom. The number of hydrogen-bond acceptors (Lipinski definition) is 4. The second-order valence-electron chi connectivity index (χ2n) is 5.40. The number of para-hydroxylation sites is 1. The second kappa shape index (κ2) is 6.30. The molecule has 0 aliphatic carbocycles. The molecular weight excluding hydrogens is 294 g/mol. The highest BCUT2D eigenvalue weighted by Crippen LogP contribution is 2.44. The number of aliphatic hydroxyl groups excluding tert-OH is 1. The number of nitrogens with one attached hydrogen (secondary N) is 1. The first-order valence-electron chi connectivity index (χ1n) is 7.46. The quantitative estimate of drug-likeness (QED) is 0.905. The molecule has 5 heteroatoms. The summed E-state index contributed by atoms with van der Waals surface area (Å²) in [6.07, 6.45) is -0.428. The summed E-state index contributed by atoms with van der Waals surface area (Å²) in [5.74, 6) is 0.938. The summed E-state index contributed by atoms with van der Waals surface area (Å²) in [5.41, 5.74) is 2.36. The average molecular weight is 313 g/mol. The predicted octanol–water partition coefficient (Wildman–Crippen LogP) is 1.94. The lowest BCUT2D eigenvalue weighted by Gasteiger charge is -2.18. The van der Waals surface area contributed by atoms with E-state index in [0.717, 1.165) is 16.9 Å². The summed E-state index contributed by atoms with van der Waals surface area (Å²) in [6, 6.07) is 13.2. The van der Waals surface area contributed by atoms with Crippen LogP contribution in [0.5, 0.6) is 11.5 Å². The Morgan fingerprint density at radius 3 is 2.78 bits per heavy atom. The first-order valence-corrected chi connectivity index (χ1v) is 7.46. The fourth-order valence-electron chi connectivity index (χ4n) is 3.04. The summed E-state index contributed by atoms with van der Waals surface area (Å²) in [7, 11) is 3.20. The summed E-state index contributed by atoms with van der Waals surface area (Å²) >= 11 is 0. The van der Waals surface area contributed by atoms with Crippen LogP contribution in [-0.2, 0) is 0 Å². The minimum atomic E-state index is -0.428. The maximum atomic E-state index is 12.0. The molecule has 0 bridgehead atoms. The summed E-state index contributed by atoms with van der Waals surface area (Å²) < 4.78 is 11.2. The zero-order valence-corrected chi connectivity index (χ0v) is 13.1. The van der Waals surface area contributed by atoms with Gasteiger partial charge >= 0.3 is 0 Å². The lowest BCUT2D eigenvalue weighted by molar-refractivity contribution is 0.0947. The molecule has 5 nitrogen and oxygen atoms in total. The molecule has 0 aromatic heterocycles. The van der Waals surface area contributed by atoms with Crippen molar-refractivity contribution < 1.29 is 19.4 Å². The van der Waals surface area contributed by atoms with Crippen molar-refractivity contribution >= 4 is 5.91 Å². The van der Waals surface area contributed by atoms with Crippen LogP contribution < -0.4 is 14.8 Å². The van der Waals surface area contributed by atoms with E-state index < -0.39 is 6.10 Å². The third kappa shape index (κ3) is 2.64. The molecule has 1 aliphatic rings. The van der Waals surface area contributed by atoms with Crippen molar-refractivity contribution in [2.45, 2.75) is 12.0 Å². The van der Waals surface area contributed by atoms with E-state index >= 15 is 0 Å². The number of carbonyl (C=O) groups is 1. The van der Waals surface area contributed by atoms with Crippen molar-refractivity contribution in [1.29, 1.82) is 0 Å². The standard InChI is InChI=1S/C18H19NO4/c1-19-18(21)14-8-4-7-13-16(15(10-20)23-17(13)14)11-5-3-6-12(9-11)22-2/h3-9,15-16,20H,10H2,1-2H3,(H,19,21)/t15-,16+/m0/s1. The van der Waals surface area contributed by atoms with Crippen LogP contribution in [0.2, 0.25) is 0 Å². The molecule has 1 aliphatic heterocycles. The number of rotatable bonds is 4. The maximum Gasteiger partial charge on any atom is 0.254 e. The molecule has 1 heterocycles. The molecule has 2 aromatic carbocycles. The summed E-state index contributed by atoms with van der Waals surface area (Å²) in [6.45, 7) is -0.135. The predicted molar refractivity (Wildman–Crippen MR) is 86.2 cm³/mol. The number of methoxy groups -OCH3 is 1. The summed E-state index contributed by atoms with van der Waals surface area (Å²) in [5, 5.41) is 12.3. The second-order valence-corrected chi connectivity index (χ2v) is 5.40. The monoisotopic (exact) mass is 313 g/mol. The summed E-state index contributed by atoms with van der Waals surface area (Å²) in [4.78, 5) is 12.0. The van der Waals surface area contributed by atoms with E-state index in [1.165, 1.54) is 0 Å². The minimum absolute atomic E-state index is 0.135. The first-order chi connectivity index (χ1) is 11.2. The van der Waals surface area contributed by atoms with Gasteiger partial charge in [-0.15, -0.1) is 0 Å². The van der Waals surface area contributed by atoms with Gasteiger partial charge in [0.05, 0.1) is 25.2 Å². The van der Waals surface area contributed by atoms with Gasteiger partial charge in [-0.25, -0.2) is 0 Å². The van der Waals surface area contributed by atoms with Crippen LogP contribution in [0.15, 0.2) is 42.5 Å². The van der Waals surface area contributed by atoms with E-state index in [9.17, 15) is 9.90 Å². The largest absolute Gasteiger partial charge is 0.497 e. The average Bonchev–Trinajstić information content (AvgIpc) is 2.99. The first kappa shape index (κ1) is 15.4. The molecule has 0 saturated heterocycles. The smallest absolute Gasteiger partial charge is 0.254 e. The number of fused-ring (bicyclic) bond motifs is 1. The van der Waals surface area contributed by atoms with Crippen LogP contribution in [0.3, 0.4) is 0 Å². The fourth-order valence-corrected chi connectivity index (χ4v) is 3.04. The Labute approximate surface area is 134 Å². The number of ether oxygens (including phenoxy) is 2. The van der Waals surface area contributed by atoms with Crippen molar-refractivity contribution in [3.05, 3.63) is 59.2 Å². The third-order valence-corrected chi connectivity index (χ3v) is 4.13. The Bertz CT molecular complexity index is 729. The van der Waals surface area contributed by atoms with Crippen LogP contribution in [0, 0.1) is 0 Å². The molecule has 2 atom stereocenters. The molecule has 2 N–H and O–H groups in total. The molecule has 3 rings (SSSR count). The van der Waals surface area contributed by atoms with Gasteiger partial charge in [-0.1, -0.05) is 24.3 Å². The van der Waals surface area contributed by atoms with Crippen molar-refractivity contribution in [1.82, 2.24) is 5.32 Å². The van der Waals surface area contributed by atoms with Gasteiger partial charge in [0.25, 0.3) is 5.91 Å². The molecule has 0 unspecified atom stereocenters. The van der Waals surface area contributed by atoms with Crippen LogP contribution in [0.25, 0.3) is 0 Å². The molecular formula is C18H19NO4. The Hall–Kier alpha value is -2.53. The fraction of sp³-hybridized carbons (Fsp3) is 0.278. The van der Waals surface area contributed by atoms with E-state index in [1.54, 1.807) is 20.2 Å². The van der Waals surface area contributed by atoms with Gasteiger partial charge in [-0.2, -0.15) is 0 Å². The van der Waals surface area contributed by atoms with E-state index in [4.69, 9.17) is 9.47 Å². The van der Waals surface area contributed by atoms with Crippen LogP contribution in [-0.4, -0.2) is 37.9 Å². The molecule has 0 fully saturated rings. The van der Waals surface area contributed by atoms with Crippen LogP contribution >= 0.6 is 0 Å².